The van der Waals surface area contributed by atoms with Crippen LogP contribution in [0.5, 0.6) is 0 Å². The van der Waals surface area contributed by atoms with E-state index >= 15 is 0 Å². The summed E-state index contributed by atoms with van der Waals surface area (Å²) in [6.45, 7) is 4.32. The molecule has 0 spiro atoms. The van der Waals surface area contributed by atoms with Crippen LogP contribution in [0.4, 0.5) is 0 Å². The second-order valence-electron chi connectivity index (χ2n) is 4.25. The molecule has 0 aliphatic heterocycles. The molecule has 0 aliphatic carbocycles. The normalized spacial score (nSPS) is 11.6. The minimum Gasteiger partial charge on any atom is -0.340 e. The summed E-state index contributed by atoms with van der Waals surface area (Å²) in [6, 6.07) is 0. The van der Waals surface area contributed by atoms with Gasteiger partial charge in [-0.1, -0.05) is 20.3 Å². The second-order valence-corrected chi connectivity index (χ2v) is 6.75. The van der Waals surface area contributed by atoms with Gasteiger partial charge in [-0.15, -0.1) is 0 Å². The quantitative estimate of drug-likeness (QED) is 0.812. The van der Waals surface area contributed by atoms with Gasteiger partial charge in [-0.2, -0.15) is 5.10 Å². The largest absolute Gasteiger partial charge is 0.340 e. The first-order valence-electron chi connectivity index (χ1n) is 6.10. The van der Waals surface area contributed by atoms with Gasteiger partial charge in [0.1, 0.15) is 4.90 Å². The van der Waals surface area contributed by atoms with Crippen molar-refractivity contribution >= 4 is 25.6 Å². The summed E-state index contributed by atoms with van der Waals surface area (Å²) in [5.74, 6) is -0.441. The van der Waals surface area contributed by atoms with Gasteiger partial charge in [0.25, 0.3) is 15.0 Å². The minimum absolute atomic E-state index is 0.134. The molecule has 0 fully saturated rings. The zero-order chi connectivity index (χ0) is 14.6. The third-order valence-corrected chi connectivity index (χ3v) is 4.18. The van der Waals surface area contributed by atoms with Crippen molar-refractivity contribution in [3.05, 3.63) is 11.4 Å². The van der Waals surface area contributed by atoms with Gasteiger partial charge in [-0.05, 0) is 12.8 Å². The van der Waals surface area contributed by atoms with Crippen LogP contribution in [-0.2, 0) is 15.5 Å². The zero-order valence-corrected chi connectivity index (χ0v) is 12.8. The SMILES string of the molecule is CCCCN(C)C(=O)c1n[nH]c(CC)c1S(=O)(=O)Cl. The van der Waals surface area contributed by atoms with E-state index in [0.29, 0.717) is 18.7 Å². The molecule has 1 aromatic heterocycles. The summed E-state index contributed by atoms with van der Waals surface area (Å²) in [7, 11) is 3.00. The monoisotopic (exact) mass is 307 g/mol. The lowest BCUT2D eigenvalue weighted by Crippen LogP contribution is -2.29. The molecule has 1 amide bonds. The molecule has 1 rings (SSSR count). The van der Waals surface area contributed by atoms with Gasteiger partial charge in [0.2, 0.25) is 0 Å². The number of hydrogen-bond donors (Lipinski definition) is 1. The Morgan fingerprint density at radius 1 is 1.42 bits per heavy atom. The number of nitrogens with one attached hydrogen (secondary N) is 1. The van der Waals surface area contributed by atoms with Crippen molar-refractivity contribution in [2.24, 2.45) is 0 Å². The number of H-pyrrole nitrogens is 1. The summed E-state index contributed by atoms with van der Waals surface area (Å²) in [4.78, 5) is 13.4. The summed E-state index contributed by atoms with van der Waals surface area (Å²) < 4.78 is 23.1. The van der Waals surface area contributed by atoms with Crippen molar-refractivity contribution in [2.75, 3.05) is 13.6 Å². The minimum atomic E-state index is -4.00. The summed E-state index contributed by atoms with van der Waals surface area (Å²) >= 11 is 0. The van der Waals surface area contributed by atoms with E-state index in [4.69, 9.17) is 10.7 Å². The zero-order valence-electron chi connectivity index (χ0n) is 11.2. The highest BCUT2D eigenvalue weighted by atomic mass is 35.7. The lowest BCUT2D eigenvalue weighted by molar-refractivity contribution is 0.0783. The van der Waals surface area contributed by atoms with E-state index in [0.717, 1.165) is 12.8 Å². The maximum Gasteiger partial charge on any atom is 0.275 e. The molecule has 1 aromatic rings. The van der Waals surface area contributed by atoms with Crippen LogP contribution >= 0.6 is 10.7 Å². The summed E-state index contributed by atoms with van der Waals surface area (Å²) in [6.07, 6.45) is 2.19. The number of carbonyl (C=O) groups excluding carboxylic acids is 1. The summed E-state index contributed by atoms with van der Waals surface area (Å²) in [5, 5.41) is 6.36. The van der Waals surface area contributed by atoms with Gasteiger partial charge in [0.05, 0.1) is 5.69 Å². The number of aromatic nitrogens is 2. The maximum atomic E-state index is 12.2. The van der Waals surface area contributed by atoms with Gasteiger partial charge in [0.15, 0.2) is 5.69 Å². The lowest BCUT2D eigenvalue weighted by atomic mass is 10.2. The Balaban J connectivity index is 3.14. The van der Waals surface area contributed by atoms with Crippen molar-refractivity contribution in [2.45, 2.75) is 38.0 Å². The highest BCUT2D eigenvalue weighted by Crippen LogP contribution is 2.23. The van der Waals surface area contributed by atoms with Crippen molar-refractivity contribution in [3.63, 3.8) is 0 Å². The van der Waals surface area contributed by atoms with Gasteiger partial charge in [-0.25, -0.2) is 8.42 Å². The molecule has 0 aliphatic rings. The predicted octanol–water partition coefficient (Wildman–Crippen LogP) is 1.77. The molecule has 6 nitrogen and oxygen atoms in total. The first-order chi connectivity index (χ1) is 8.82. The van der Waals surface area contributed by atoms with Crippen LogP contribution in [0.3, 0.4) is 0 Å². The molecule has 1 N–H and O–H groups in total. The molecule has 1 heterocycles. The van der Waals surface area contributed by atoms with Crippen LogP contribution in [0.15, 0.2) is 4.90 Å². The third-order valence-electron chi connectivity index (χ3n) is 2.79. The fourth-order valence-corrected chi connectivity index (χ4v) is 3.04. The van der Waals surface area contributed by atoms with E-state index in [2.05, 4.69) is 10.2 Å². The lowest BCUT2D eigenvalue weighted by Gasteiger charge is -2.15. The number of aryl methyl sites for hydroxylation is 1. The summed E-state index contributed by atoms with van der Waals surface area (Å²) in [5.41, 5.74) is 0.215. The number of rotatable bonds is 6. The van der Waals surface area contributed by atoms with Crippen LogP contribution in [0, 0.1) is 0 Å². The Morgan fingerprint density at radius 3 is 2.53 bits per heavy atom. The molecular formula is C11H18ClN3O3S. The van der Waals surface area contributed by atoms with Crippen molar-refractivity contribution < 1.29 is 13.2 Å². The molecule has 0 unspecified atom stereocenters. The Hall–Kier alpha value is -1.08. The number of unbranched alkanes of at least 4 members (excludes halogenated alkanes) is 1. The van der Waals surface area contributed by atoms with Crippen LogP contribution in [-0.4, -0.2) is 43.0 Å². The number of amides is 1. The highest BCUT2D eigenvalue weighted by molar-refractivity contribution is 8.13. The number of halogens is 1. The molecule has 19 heavy (non-hydrogen) atoms. The van der Waals surface area contributed by atoms with Crippen molar-refractivity contribution in [1.82, 2.24) is 15.1 Å². The highest BCUT2D eigenvalue weighted by Gasteiger charge is 2.29. The van der Waals surface area contributed by atoms with Crippen LogP contribution in [0.1, 0.15) is 42.9 Å². The third kappa shape index (κ3) is 3.70. The maximum absolute atomic E-state index is 12.2. The fraction of sp³-hybridized carbons (Fsp3) is 0.636. The number of nitrogens with zero attached hydrogens (tertiary/aromatic N) is 2. The molecule has 8 heteroatoms. The van der Waals surface area contributed by atoms with E-state index in [1.807, 2.05) is 6.92 Å². The standard InChI is InChI=1S/C11H18ClN3O3S/c1-4-6-7-15(3)11(16)9-10(19(12,17)18)8(5-2)13-14-9/h4-7H2,1-3H3,(H,13,14). The van der Waals surface area contributed by atoms with Gasteiger partial charge in [0, 0.05) is 24.3 Å². The van der Waals surface area contributed by atoms with E-state index in [1.54, 1.807) is 14.0 Å². The van der Waals surface area contributed by atoms with E-state index in [1.165, 1.54) is 4.90 Å². The molecule has 0 saturated heterocycles. The first kappa shape index (κ1) is 16.0. The molecule has 0 aromatic carbocycles. The number of aromatic amines is 1. The average Bonchev–Trinajstić information content (AvgIpc) is 2.78. The van der Waals surface area contributed by atoms with Crippen molar-refractivity contribution in [3.8, 4) is 0 Å². The molecule has 108 valence electrons. The van der Waals surface area contributed by atoms with Crippen LogP contribution < -0.4 is 0 Å². The molecular weight excluding hydrogens is 290 g/mol. The Labute approximate surface area is 117 Å². The van der Waals surface area contributed by atoms with Gasteiger partial charge in [-0.3, -0.25) is 9.89 Å². The van der Waals surface area contributed by atoms with Crippen molar-refractivity contribution in [1.29, 1.82) is 0 Å². The molecule has 0 bridgehead atoms. The number of hydrogen-bond acceptors (Lipinski definition) is 4. The molecule has 0 atom stereocenters. The molecule has 0 saturated carbocycles. The predicted molar refractivity (Wildman–Crippen MR) is 72.9 cm³/mol. The van der Waals surface area contributed by atoms with E-state index in [9.17, 15) is 13.2 Å². The second kappa shape index (κ2) is 6.38. The topological polar surface area (TPSA) is 83.1 Å². The Kier molecular flexibility index (Phi) is 5.37. The Bertz CT molecular complexity index is 554. The number of carbonyl (C=O) groups is 1. The fourth-order valence-electron chi connectivity index (χ4n) is 1.69. The van der Waals surface area contributed by atoms with Crippen LogP contribution in [0.25, 0.3) is 0 Å². The van der Waals surface area contributed by atoms with E-state index in [-0.39, 0.29) is 10.6 Å². The van der Waals surface area contributed by atoms with Gasteiger partial charge < -0.3 is 4.90 Å². The first-order valence-corrected chi connectivity index (χ1v) is 8.41. The smallest absolute Gasteiger partial charge is 0.275 e. The van der Waals surface area contributed by atoms with Crippen LogP contribution in [0.2, 0.25) is 0 Å². The molecule has 0 radical (unpaired) electrons. The average molecular weight is 308 g/mol. The van der Waals surface area contributed by atoms with Gasteiger partial charge >= 0.3 is 0 Å². The van der Waals surface area contributed by atoms with E-state index < -0.39 is 15.0 Å². The Morgan fingerprint density at radius 2 is 2.05 bits per heavy atom.